The maximum atomic E-state index is 11.9. The number of anilines is 6. The second-order valence-corrected chi connectivity index (χ2v) is 30.2. The fourth-order valence-corrected chi connectivity index (χ4v) is 15.6. The van der Waals surface area contributed by atoms with Crippen molar-refractivity contribution in [3.63, 3.8) is 0 Å². The van der Waals surface area contributed by atoms with Gasteiger partial charge in [-0.2, -0.15) is 0 Å². The van der Waals surface area contributed by atoms with Crippen LogP contribution in [0.2, 0.25) is 0 Å². The molecule has 0 saturated heterocycles. The third-order valence-corrected chi connectivity index (χ3v) is 20.8. The first-order valence-electron chi connectivity index (χ1n) is 43.0. The summed E-state index contributed by atoms with van der Waals surface area (Å²) in [6.07, 6.45) is 0. The first-order valence-corrected chi connectivity index (χ1v) is 35.0. The molecule has 4 aliphatic heterocycles. The second-order valence-electron chi connectivity index (χ2n) is 30.2. The van der Waals surface area contributed by atoms with Crippen molar-refractivity contribution in [2.45, 2.75) is 78.6 Å². The summed E-state index contributed by atoms with van der Waals surface area (Å²) in [7, 11) is 0. The number of rotatable bonds is 8. The Morgan fingerprint density at radius 3 is 1.33 bits per heavy atom. The Morgan fingerprint density at radius 2 is 0.786 bits per heavy atom. The number of para-hydroxylation sites is 4. The number of fused-ring (bicyclic) bond motifs is 12. The molecule has 5 heterocycles. The summed E-state index contributed by atoms with van der Waals surface area (Å²) in [5.41, 5.74) is 8.65. The molecule has 4 aliphatic rings. The van der Waals surface area contributed by atoms with Gasteiger partial charge in [-0.15, -0.1) is 0 Å². The van der Waals surface area contributed by atoms with Crippen molar-refractivity contribution >= 4 is 102 Å². The average molecular weight is 1340 g/mol. The highest BCUT2D eigenvalue weighted by molar-refractivity contribution is 7.03. The Bertz CT molecular complexity index is 6820. The number of hydrogen-bond donors (Lipinski definition) is 0. The van der Waals surface area contributed by atoms with Gasteiger partial charge in [-0.3, -0.25) is 0 Å². The molecule has 103 heavy (non-hydrogen) atoms. The molecule has 14 aromatic carbocycles. The van der Waals surface area contributed by atoms with Gasteiger partial charge in [-0.05, 0) is 166 Å². The Morgan fingerprint density at radius 1 is 0.320 bits per heavy atom. The van der Waals surface area contributed by atoms with Gasteiger partial charge in [0, 0.05) is 72.8 Å². The van der Waals surface area contributed by atoms with E-state index in [9.17, 15) is 21.9 Å². The van der Waals surface area contributed by atoms with E-state index >= 15 is 0 Å². The van der Waals surface area contributed by atoms with E-state index < -0.39 is 143 Å². The van der Waals surface area contributed by atoms with Gasteiger partial charge in [0.2, 0.25) is 0 Å². The molecule has 0 aliphatic carbocycles. The van der Waals surface area contributed by atoms with Gasteiger partial charge in [-0.1, -0.05) is 287 Å². The quantitative estimate of drug-likeness (QED) is 0.142. The molecule has 0 spiro atoms. The van der Waals surface area contributed by atoms with Crippen LogP contribution in [0.15, 0.2) is 301 Å². The van der Waals surface area contributed by atoms with E-state index in [4.69, 9.17) is 13.9 Å². The third-order valence-electron chi connectivity index (χ3n) is 20.8. The minimum absolute atomic E-state index is 0.0182. The molecule has 5 nitrogen and oxygen atoms in total. The fourth-order valence-electron chi connectivity index (χ4n) is 15.6. The SMILES string of the molecule is [2H]c1c([2H])c([2H])c2c(c1[2H])Oc1c([2H])c3c(c4c1B2c1c([2H])c([2H])c([2H])c([2H])c1O4)B1c2c(cc(C(C)(C)C)cc2N3c2c(-c3ccccc3)cc(C(C)(C)C)cc2-c2ccccc2)N(c2c(-c3ccccc3)cc(C(C)(C)C)cc2-c2ccccc2)c2c([2H])c([2H])c(-c3c([2H])c([2H])c([2H])c(-c4cccc5c4oc4ccccc45)c3[2H])c([2H])c21. The lowest BCUT2D eigenvalue weighted by Gasteiger charge is -2.48. The third kappa shape index (κ3) is 10.1. The number of ether oxygens (including phenoxy) is 2. The Hall–Kier alpha value is -11.8. The zero-order valence-corrected chi connectivity index (χ0v) is 58.3. The highest BCUT2D eigenvalue weighted by Crippen LogP contribution is 2.57. The van der Waals surface area contributed by atoms with Crippen molar-refractivity contribution in [3.05, 3.63) is 314 Å². The zero-order valence-electron chi connectivity index (χ0n) is 74.3. The summed E-state index contributed by atoms with van der Waals surface area (Å²) in [4.78, 5) is 4.03. The summed E-state index contributed by atoms with van der Waals surface area (Å²) in [5, 5.41) is 1.39. The van der Waals surface area contributed by atoms with Crippen LogP contribution in [0.1, 0.15) is 101 Å². The minimum atomic E-state index is -1.60. The van der Waals surface area contributed by atoms with Crippen LogP contribution in [0.25, 0.3) is 88.7 Å². The Labute approximate surface area is 627 Å². The number of nitrogens with zero attached hydrogens (tertiary/aromatic N) is 2. The maximum absolute atomic E-state index is 11.9. The lowest BCUT2D eigenvalue weighted by Crippen LogP contribution is -2.65. The van der Waals surface area contributed by atoms with Crippen molar-refractivity contribution in [1.82, 2.24) is 0 Å². The van der Waals surface area contributed by atoms with Gasteiger partial charge in [0.15, 0.2) is 0 Å². The highest BCUT2D eigenvalue weighted by atomic mass is 16.5. The molecular weight excluding hydrogens is 1250 g/mol. The first kappa shape index (κ1) is 47.3. The normalized spacial score (nSPS) is 15.5. The highest BCUT2D eigenvalue weighted by Gasteiger charge is 2.52. The summed E-state index contributed by atoms with van der Waals surface area (Å²) in [5.74, 6) is -1.24. The smallest absolute Gasteiger partial charge is 0.260 e. The molecule has 0 N–H and O–H groups in total. The van der Waals surface area contributed by atoms with Gasteiger partial charge in [0.1, 0.15) is 34.2 Å². The number of benzene rings is 14. The summed E-state index contributed by atoms with van der Waals surface area (Å²) in [6, 6.07) is 55.7. The second kappa shape index (κ2) is 23.4. The lowest BCUT2D eigenvalue weighted by atomic mass is 9.30. The lowest BCUT2D eigenvalue weighted by molar-refractivity contribution is 0.467. The van der Waals surface area contributed by atoms with Crippen molar-refractivity contribution in [2.75, 3.05) is 9.80 Å². The molecule has 7 heteroatoms. The molecule has 494 valence electrons. The largest absolute Gasteiger partial charge is 0.459 e. The van der Waals surface area contributed by atoms with E-state index in [0.717, 1.165) is 44.3 Å². The summed E-state index contributed by atoms with van der Waals surface area (Å²) < 4.78 is 185. The Balaban J connectivity index is 1.08. The maximum Gasteiger partial charge on any atom is 0.260 e. The van der Waals surface area contributed by atoms with Gasteiger partial charge in [0.25, 0.3) is 13.4 Å². The van der Waals surface area contributed by atoms with E-state index in [2.05, 4.69) is 98.7 Å². The average Bonchev–Trinajstić information content (AvgIpc) is 0.780. The molecular formula is C96H76B2N2O3. The van der Waals surface area contributed by atoms with Crippen LogP contribution in [0.3, 0.4) is 0 Å². The van der Waals surface area contributed by atoms with Crippen LogP contribution in [-0.2, 0) is 16.2 Å². The van der Waals surface area contributed by atoms with Gasteiger partial charge in [-0.25, -0.2) is 0 Å². The first-order chi connectivity index (χ1) is 56.7. The van der Waals surface area contributed by atoms with Crippen molar-refractivity contribution in [2.24, 2.45) is 0 Å². The van der Waals surface area contributed by atoms with E-state index in [0.29, 0.717) is 61.4 Å². The predicted octanol–water partition coefficient (Wildman–Crippen LogP) is 22.3. The van der Waals surface area contributed by atoms with E-state index in [-0.39, 0.29) is 72.9 Å². The monoisotopic (exact) mass is 1340 g/mol. The van der Waals surface area contributed by atoms with Crippen LogP contribution in [0.4, 0.5) is 34.1 Å². The van der Waals surface area contributed by atoms with Gasteiger partial charge < -0.3 is 23.7 Å². The number of hydrogen-bond acceptors (Lipinski definition) is 5. The predicted molar refractivity (Wildman–Crippen MR) is 434 cm³/mol. The topological polar surface area (TPSA) is 38.1 Å². The molecule has 0 saturated carbocycles. The van der Waals surface area contributed by atoms with E-state index in [1.807, 2.05) is 155 Å². The van der Waals surface area contributed by atoms with Crippen LogP contribution in [0.5, 0.6) is 23.0 Å². The summed E-state index contributed by atoms with van der Waals surface area (Å²) in [6.45, 7) is 16.0. The molecule has 15 aromatic rings. The van der Waals surface area contributed by atoms with E-state index in [1.165, 1.54) is 0 Å². The van der Waals surface area contributed by atoms with Crippen molar-refractivity contribution < 1.29 is 35.8 Å². The molecule has 0 bridgehead atoms. The minimum Gasteiger partial charge on any atom is -0.459 e. The molecule has 0 atom stereocenters. The Kier molecular flexibility index (Phi) is 10.7. The summed E-state index contributed by atoms with van der Waals surface area (Å²) >= 11 is 0. The van der Waals surface area contributed by atoms with E-state index in [1.54, 1.807) is 18.2 Å². The van der Waals surface area contributed by atoms with Crippen LogP contribution in [-0.4, -0.2) is 13.4 Å². The molecule has 0 unspecified atom stereocenters. The number of furan rings is 1. The molecule has 19 rings (SSSR count). The van der Waals surface area contributed by atoms with Crippen LogP contribution < -0.4 is 52.1 Å². The van der Waals surface area contributed by atoms with Crippen molar-refractivity contribution in [1.29, 1.82) is 0 Å². The van der Waals surface area contributed by atoms with Gasteiger partial charge in [0.05, 0.1) is 33.3 Å². The molecule has 0 fully saturated rings. The van der Waals surface area contributed by atoms with Crippen LogP contribution in [0, 0.1) is 0 Å². The molecule has 0 amide bonds. The molecule has 0 radical (unpaired) electrons. The van der Waals surface area contributed by atoms with Gasteiger partial charge >= 0.3 is 0 Å². The molecule has 1 aromatic heterocycles. The van der Waals surface area contributed by atoms with Crippen LogP contribution >= 0.6 is 0 Å². The zero-order chi connectivity index (χ0) is 83.7. The van der Waals surface area contributed by atoms with Crippen molar-refractivity contribution in [3.8, 4) is 89.8 Å². The standard InChI is InChI=1S/C96H76B2N2O3/c1-94(2,3)66-52-72(59-30-14-10-15-31-59)90(73(53-66)60-32-16-11-17-33-60)99-79-49-48-64(63-38-28-39-65(50-63)69-41-29-42-71-70-40-22-25-45-83(70)102-92(69)71)51-78(79)98-87-80(99)56-68(96(7,8)9)57-81(87)100(91-74(61-34-18-12-19-35-61)54-67(95(4,5)6)55-75(91)62-36-20-13-21-37-62)82-58-86-89-93(88(82)98)103-85-47-27-24-44-77(85)97(89)76-43-23-26-46-84(76)101-86/h10-58H,1-9H3/i23D,24D,26D,27D,28D,38D,39D,43D,44D,46D,47D,48D,49D,50D,51D,58D. The fraction of sp³-hybridized carbons (Fsp3) is 0.125.